The van der Waals surface area contributed by atoms with Gasteiger partial charge in [0, 0.05) is 11.1 Å². The molecule has 1 aliphatic rings. The fourth-order valence-electron chi connectivity index (χ4n) is 2.66. The lowest BCUT2D eigenvalue weighted by Crippen LogP contribution is -2.32. The molecule has 1 atom stereocenters. The summed E-state index contributed by atoms with van der Waals surface area (Å²) in [5.41, 5.74) is 6.20. The second kappa shape index (κ2) is 5.38. The highest BCUT2D eigenvalue weighted by molar-refractivity contribution is 6.31. The van der Waals surface area contributed by atoms with Crippen molar-refractivity contribution in [3.05, 3.63) is 74.0 Å². The summed E-state index contributed by atoms with van der Waals surface area (Å²) in [4.78, 5) is 12.5. The van der Waals surface area contributed by atoms with Gasteiger partial charge in [0.1, 0.15) is 17.4 Å². The average Bonchev–Trinajstić information content (AvgIpc) is 2.52. The average molecular weight is 330 g/mol. The van der Waals surface area contributed by atoms with E-state index in [4.69, 9.17) is 22.1 Å². The number of aryl methyl sites for hydroxylation is 1. The molecule has 23 heavy (non-hydrogen) atoms. The number of nitrogens with two attached hydrogens (primary N) is 1. The van der Waals surface area contributed by atoms with E-state index in [1.54, 1.807) is 31.2 Å². The SMILES string of the molecule is Cc1cc2c(c(=O)n1O)[C@@H](c1ccccc1Cl)C(C#N)=C(N)O2. The second-order valence-electron chi connectivity index (χ2n) is 5.13. The number of allylic oxidation sites excluding steroid dienone is 1. The third-order valence-corrected chi connectivity index (χ3v) is 4.11. The molecule has 3 N–H and O–H groups in total. The highest BCUT2D eigenvalue weighted by atomic mass is 35.5. The summed E-state index contributed by atoms with van der Waals surface area (Å²) in [6.45, 7) is 1.55. The van der Waals surface area contributed by atoms with Crippen molar-refractivity contribution in [1.82, 2.24) is 4.73 Å². The normalized spacial score (nSPS) is 16.5. The van der Waals surface area contributed by atoms with Crippen LogP contribution in [-0.4, -0.2) is 9.94 Å². The Kier molecular flexibility index (Phi) is 3.51. The van der Waals surface area contributed by atoms with E-state index in [1.165, 1.54) is 6.07 Å². The lowest BCUT2D eigenvalue weighted by atomic mass is 9.84. The molecule has 0 saturated carbocycles. The van der Waals surface area contributed by atoms with Gasteiger partial charge in [-0.25, -0.2) is 0 Å². The summed E-state index contributed by atoms with van der Waals surface area (Å²) in [6, 6.07) is 10.3. The lowest BCUT2D eigenvalue weighted by molar-refractivity contribution is 0.165. The molecule has 1 aromatic carbocycles. The number of nitrogens with zero attached hydrogens (tertiary/aromatic N) is 2. The Bertz CT molecular complexity index is 941. The third-order valence-electron chi connectivity index (χ3n) is 3.76. The van der Waals surface area contributed by atoms with Crippen LogP contribution in [0.25, 0.3) is 0 Å². The predicted molar refractivity (Wildman–Crippen MR) is 83.4 cm³/mol. The van der Waals surface area contributed by atoms with Crippen molar-refractivity contribution in [2.45, 2.75) is 12.8 Å². The number of aromatic nitrogens is 1. The number of hydrogen-bond acceptors (Lipinski definition) is 5. The molecule has 3 rings (SSSR count). The second-order valence-corrected chi connectivity index (χ2v) is 5.53. The van der Waals surface area contributed by atoms with Gasteiger partial charge >= 0.3 is 0 Å². The zero-order valence-electron chi connectivity index (χ0n) is 12.1. The van der Waals surface area contributed by atoms with E-state index in [0.29, 0.717) is 21.0 Å². The zero-order valence-corrected chi connectivity index (χ0v) is 12.8. The van der Waals surface area contributed by atoms with E-state index >= 15 is 0 Å². The molecule has 1 aromatic heterocycles. The summed E-state index contributed by atoms with van der Waals surface area (Å²) < 4.78 is 5.93. The molecule has 0 saturated heterocycles. The Labute approximate surface area is 136 Å². The molecule has 116 valence electrons. The number of ether oxygens (including phenoxy) is 1. The molecule has 7 heteroatoms. The standard InChI is InChI=1S/C16H12ClN3O3/c1-8-6-12-14(16(21)20(8)22)13(10(7-18)15(19)23-12)9-4-2-3-5-11(9)17/h2-6,13,22H,19H2,1H3/t13-/m0/s1. The van der Waals surface area contributed by atoms with Gasteiger partial charge < -0.3 is 15.7 Å². The molecule has 2 heterocycles. The van der Waals surface area contributed by atoms with Crippen LogP contribution < -0.4 is 16.0 Å². The summed E-state index contributed by atoms with van der Waals surface area (Å²) in [7, 11) is 0. The van der Waals surface area contributed by atoms with Crippen molar-refractivity contribution in [2.24, 2.45) is 5.73 Å². The topological polar surface area (TPSA) is 101 Å². The minimum Gasteiger partial charge on any atom is -0.440 e. The predicted octanol–water partition coefficient (Wildman–Crippen LogP) is 2.27. The van der Waals surface area contributed by atoms with Crippen LogP contribution in [0.15, 0.2) is 46.6 Å². The number of halogens is 1. The van der Waals surface area contributed by atoms with Crippen molar-refractivity contribution < 1.29 is 9.94 Å². The number of rotatable bonds is 1. The Hall–Kier alpha value is -2.91. The van der Waals surface area contributed by atoms with Gasteiger partial charge in [-0.3, -0.25) is 4.79 Å². The lowest BCUT2D eigenvalue weighted by Gasteiger charge is -2.26. The Morgan fingerprint density at radius 2 is 2.13 bits per heavy atom. The molecule has 1 aliphatic heterocycles. The molecule has 0 radical (unpaired) electrons. The van der Waals surface area contributed by atoms with Gasteiger partial charge in [-0.15, -0.1) is 0 Å². The number of benzene rings is 1. The van der Waals surface area contributed by atoms with Crippen LogP contribution in [0.4, 0.5) is 0 Å². The maximum atomic E-state index is 12.5. The van der Waals surface area contributed by atoms with Crippen LogP contribution >= 0.6 is 11.6 Å². The first-order chi connectivity index (χ1) is 11.0. The van der Waals surface area contributed by atoms with Crippen molar-refractivity contribution in [3.63, 3.8) is 0 Å². The molecule has 2 aromatic rings. The molecule has 0 spiro atoms. The fourth-order valence-corrected chi connectivity index (χ4v) is 2.90. The van der Waals surface area contributed by atoms with Crippen molar-refractivity contribution in [1.29, 1.82) is 5.26 Å². The monoisotopic (exact) mass is 329 g/mol. The Morgan fingerprint density at radius 1 is 1.43 bits per heavy atom. The van der Waals surface area contributed by atoms with Gasteiger partial charge in [-0.1, -0.05) is 29.8 Å². The van der Waals surface area contributed by atoms with Gasteiger partial charge in [0.15, 0.2) is 0 Å². The summed E-state index contributed by atoms with van der Waals surface area (Å²) in [6.07, 6.45) is 0. The van der Waals surface area contributed by atoms with E-state index in [0.717, 1.165) is 0 Å². The quantitative estimate of drug-likeness (QED) is 0.781. The van der Waals surface area contributed by atoms with Gasteiger partial charge in [0.25, 0.3) is 5.56 Å². The van der Waals surface area contributed by atoms with Gasteiger partial charge in [0.2, 0.25) is 5.88 Å². The van der Waals surface area contributed by atoms with E-state index in [1.807, 2.05) is 6.07 Å². The highest BCUT2D eigenvalue weighted by Gasteiger charge is 2.35. The van der Waals surface area contributed by atoms with Crippen LogP contribution in [0.3, 0.4) is 0 Å². The fraction of sp³-hybridized carbons (Fsp3) is 0.125. The van der Waals surface area contributed by atoms with Crippen molar-refractivity contribution in [3.8, 4) is 11.8 Å². The Balaban J connectivity index is 2.39. The first kappa shape index (κ1) is 15.0. The maximum absolute atomic E-state index is 12.5. The molecular formula is C16H12ClN3O3. The van der Waals surface area contributed by atoms with E-state index in [2.05, 4.69) is 0 Å². The largest absolute Gasteiger partial charge is 0.440 e. The molecule has 0 unspecified atom stereocenters. The maximum Gasteiger partial charge on any atom is 0.291 e. The molecular weight excluding hydrogens is 318 g/mol. The van der Waals surface area contributed by atoms with Crippen LogP contribution in [0, 0.1) is 18.3 Å². The molecule has 0 amide bonds. The van der Waals surface area contributed by atoms with Crippen LogP contribution in [0.5, 0.6) is 5.75 Å². The minimum absolute atomic E-state index is 0.0755. The van der Waals surface area contributed by atoms with Gasteiger partial charge in [-0.2, -0.15) is 9.99 Å². The highest BCUT2D eigenvalue weighted by Crippen LogP contribution is 2.42. The number of nitriles is 1. The van der Waals surface area contributed by atoms with Gasteiger partial charge in [-0.05, 0) is 18.6 Å². The van der Waals surface area contributed by atoms with Crippen molar-refractivity contribution in [2.75, 3.05) is 0 Å². The summed E-state index contributed by atoms with van der Waals surface area (Å²) in [5.74, 6) is -0.678. The number of hydrogen-bond donors (Lipinski definition) is 2. The number of fused-ring (bicyclic) bond motifs is 1. The zero-order chi connectivity index (χ0) is 16.7. The van der Waals surface area contributed by atoms with Gasteiger partial charge in [0.05, 0.1) is 17.2 Å². The van der Waals surface area contributed by atoms with Crippen LogP contribution in [0.1, 0.15) is 22.7 Å². The van der Waals surface area contributed by atoms with E-state index < -0.39 is 11.5 Å². The molecule has 0 bridgehead atoms. The number of pyridine rings is 1. The first-order valence-corrected chi connectivity index (χ1v) is 7.11. The summed E-state index contributed by atoms with van der Waals surface area (Å²) in [5, 5.41) is 19.7. The van der Waals surface area contributed by atoms with Crippen molar-refractivity contribution >= 4 is 11.6 Å². The Morgan fingerprint density at radius 3 is 2.78 bits per heavy atom. The minimum atomic E-state index is -0.802. The smallest absolute Gasteiger partial charge is 0.291 e. The van der Waals surface area contributed by atoms with E-state index in [-0.39, 0.29) is 22.8 Å². The van der Waals surface area contributed by atoms with Crippen LogP contribution in [-0.2, 0) is 0 Å². The molecule has 6 nitrogen and oxygen atoms in total. The van der Waals surface area contributed by atoms with Crippen LogP contribution in [0.2, 0.25) is 5.02 Å². The molecule has 0 aliphatic carbocycles. The van der Waals surface area contributed by atoms with E-state index in [9.17, 15) is 15.3 Å². The molecule has 0 fully saturated rings. The first-order valence-electron chi connectivity index (χ1n) is 6.73. The third kappa shape index (κ3) is 2.22. The summed E-state index contributed by atoms with van der Waals surface area (Å²) >= 11 is 6.23.